The number of hydrogen-bond acceptors (Lipinski definition) is 5. The number of terminal acetylenes is 1. The molecular weight excluding hydrogens is 416 g/mol. The van der Waals surface area contributed by atoms with Gasteiger partial charge in [-0.05, 0) is 30.3 Å². The Kier molecular flexibility index (Phi) is 5.38. The number of carbonyl (C=O) groups excluding carboxylic acids is 1. The third-order valence-electron chi connectivity index (χ3n) is 4.72. The van der Waals surface area contributed by atoms with Crippen LogP contribution in [0.1, 0.15) is 10.4 Å². The molecule has 2 N–H and O–H groups in total. The van der Waals surface area contributed by atoms with E-state index in [2.05, 4.69) is 16.0 Å². The van der Waals surface area contributed by atoms with Gasteiger partial charge in [0.05, 0.1) is 24.2 Å². The highest BCUT2D eigenvalue weighted by atomic mass is 32.2. The van der Waals surface area contributed by atoms with E-state index in [9.17, 15) is 13.2 Å². The number of para-hydroxylation sites is 1. The largest absolute Gasteiger partial charge is 0.495 e. The number of benzene rings is 3. The van der Waals surface area contributed by atoms with Crippen LogP contribution in [0.3, 0.4) is 0 Å². The summed E-state index contributed by atoms with van der Waals surface area (Å²) in [6, 6.07) is 16.7. The van der Waals surface area contributed by atoms with Gasteiger partial charge in [-0.1, -0.05) is 30.2 Å². The Labute approximate surface area is 179 Å². The molecule has 1 aromatic heterocycles. The maximum atomic E-state index is 12.8. The topological polar surface area (TPSA) is 97.6 Å². The van der Waals surface area contributed by atoms with Gasteiger partial charge in [0.2, 0.25) is 10.0 Å². The van der Waals surface area contributed by atoms with E-state index in [1.165, 1.54) is 31.4 Å². The average molecular weight is 434 g/mol. The summed E-state index contributed by atoms with van der Waals surface area (Å²) in [7, 11) is -2.32. The molecule has 0 unspecified atom stereocenters. The lowest BCUT2D eigenvalue weighted by Crippen LogP contribution is -2.24. The van der Waals surface area contributed by atoms with Gasteiger partial charge >= 0.3 is 0 Å². The number of amides is 1. The zero-order chi connectivity index (χ0) is 22.0. The highest BCUT2D eigenvalue weighted by Crippen LogP contribution is 2.36. The minimum Gasteiger partial charge on any atom is -0.495 e. The molecule has 1 heterocycles. The minimum absolute atomic E-state index is 0.0601. The van der Waals surface area contributed by atoms with E-state index in [1.54, 1.807) is 12.1 Å². The molecule has 3 aromatic carbocycles. The van der Waals surface area contributed by atoms with Gasteiger partial charge in [0.15, 0.2) is 0 Å². The van der Waals surface area contributed by atoms with E-state index in [1.807, 2.05) is 24.3 Å². The fourth-order valence-corrected chi connectivity index (χ4v) is 4.22. The van der Waals surface area contributed by atoms with Crippen LogP contribution in [0.5, 0.6) is 5.75 Å². The van der Waals surface area contributed by atoms with Crippen molar-refractivity contribution in [3.63, 3.8) is 0 Å². The maximum absolute atomic E-state index is 12.8. The number of anilines is 1. The first-order valence-electron chi connectivity index (χ1n) is 9.27. The third-order valence-corrected chi connectivity index (χ3v) is 6.12. The highest BCUT2D eigenvalue weighted by molar-refractivity contribution is 7.89. The zero-order valence-corrected chi connectivity index (χ0v) is 17.3. The van der Waals surface area contributed by atoms with Crippen molar-refractivity contribution >= 4 is 43.6 Å². The predicted molar refractivity (Wildman–Crippen MR) is 119 cm³/mol. The van der Waals surface area contributed by atoms with Crippen LogP contribution in [0.4, 0.5) is 5.69 Å². The molecule has 0 spiro atoms. The fourth-order valence-electron chi connectivity index (χ4n) is 3.24. The van der Waals surface area contributed by atoms with E-state index in [0.717, 1.165) is 16.4 Å². The third kappa shape index (κ3) is 3.97. The summed E-state index contributed by atoms with van der Waals surface area (Å²) in [5.74, 6) is 2.16. The van der Waals surface area contributed by atoms with Gasteiger partial charge in [-0.15, -0.1) is 6.42 Å². The second-order valence-corrected chi connectivity index (χ2v) is 8.42. The summed E-state index contributed by atoms with van der Waals surface area (Å²) in [4.78, 5) is 12.8. The van der Waals surface area contributed by atoms with Crippen LogP contribution in [0, 0.1) is 12.3 Å². The van der Waals surface area contributed by atoms with E-state index >= 15 is 0 Å². The van der Waals surface area contributed by atoms with Crippen LogP contribution in [0.2, 0.25) is 0 Å². The van der Waals surface area contributed by atoms with Crippen molar-refractivity contribution in [2.45, 2.75) is 4.90 Å². The van der Waals surface area contributed by atoms with Crippen molar-refractivity contribution < 1.29 is 22.4 Å². The lowest BCUT2D eigenvalue weighted by Gasteiger charge is -2.11. The molecule has 0 bridgehead atoms. The molecule has 0 saturated heterocycles. The van der Waals surface area contributed by atoms with E-state index in [0.29, 0.717) is 17.0 Å². The van der Waals surface area contributed by atoms with Crippen LogP contribution >= 0.6 is 0 Å². The number of rotatable bonds is 6. The molecule has 7 nitrogen and oxygen atoms in total. The molecule has 0 radical (unpaired) electrons. The molecule has 0 aliphatic heterocycles. The minimum atomic E-state index is -3.82. The number of nitrogens with one attached hydrogen (secondary N) is 2. The Hall–Kier alpha value is -3.80. The molecule has 0 aliphatic carbocycles. The maximum Gasteiger partial charge on any atom is 0.255 e. The molecule has 4 rings (SSSR count). The van der Waals surface area contributed by atoms with Crippen molar-refractivity contribution in [1.29, 1.82) is 0 Å². The molecular formula is C23H18N2O5S. The Morgan fingerprint density at radius 3 is 2.65 bits per heavy atom. The predicted octanol–water partition coefficient (Wildman–Crippen LogP) is 3.76. The van der Waals surface area contributed by atoms with Crippen LogP contribution in [-0.2, 0) is 10.0 Å². The summed E-state index contributed by atoms with van der Waals surface area (Å²) in [5, 5.41) is 4.56. The van der Waals surface area contributed by atoms with E-state index < -0.39 is 15.9 Å². The number of ether oxygens (including phenoxy) is 1. The highest BCUT2D eigenvalue weighted by Gasteiger charge is 2.18. The van der Waals surface area contributed by atoms with Gasteiger partial charge in [-0.3, -0.25) is 4.79 Å². The SMILES string of the molecule is C#CCNS(=O)(=O)c1cccc(C(=O)Nc2cc3oc4ccccc4c3cc2OC)c1. The first kappa shape index (κ1) is 20.5. The van der Waals surface area contributed by atoms with Crippen molar-refractivity contribution in [3.8, 4) is 18.1 Å². The number of methoxy groups -OCH3 is 1. The Morgan fingerprint density at radius 2 is 1.87 bits per heavy atom. The molecule has 0 saturated carbocycles. The van der Waals surface area contributed by atoms with Gasteiger partial charge in [-0.2, -0.15) is 4.72 Å². The molecule has 0 atom stereocenters. The van der Waals surface area contributed by atoms with Gasteiger partial charge in [0.1, 0.15) is 16.9 Å². The summed E-state index contributed by atoms with van der Waals surface area (Å²) in [6.45, 7) is -0.145. The van der Waals surface area contributed by atoms with Crippen molar-refractivity contribution in [2.75, 3.05) is 19.0 Å². The number of carbonyl (C=O) groups is 1. The Balaban J connectivity index is 1.68. The number of fused-ring (bicyclic) bond motifs is 3. The van der Waals surface area contributed by atoms with Gasteiger partial charge < -0.3 is 14.5 Å². The molecule has 156 valence electrons. The summed E-state index contributed by atoms with van der Waals surface area (Å²) in [6.07, 6.45) is 5.11. The van der Waals surface area contributed by atoms with E-state index in [4.69, 9.17) is 15.6 Å². The standard InChI is InChI=1S/C23H18N2O5S/c1-3-11-24-31(27,28)16-8-6-7-15(12-16)23(26)25-19-14-21-18(13-22(19)29-2)17-9-4-5-10-20(17)30-21/h1,4-10,12-14,24H,11H2,2H3,(H,25,26). The fraction of sp³-hybridized carbons (Fsp3) is 0.0870. The van der Waals surface area contributed by atoms with Gasteiger partial charge in [-0.25, -0.2) is 8.42 Å². The Bertz CT molecular complexity index is 1450. The second kappa shape index (κ2) is 8.14. The van der Waals surface area contributed by atoms with Crippen molar-refractivity contribution in [1.82, 2.24) is 4.72 Å². The lowest BCUT2D eigenvalue weighted by molar-refractivity contribution is 0.102. The summed E-state index contributed by atoms with van der Waals surface area (Å²) < 4.78 is 38.2. The zero-order valence-electron chi connectivity index (χ0n) is 16.5. The Morgan fingerprint density at radius 1 is 1.06 bits per heavy atom. The van der Waals surface area contributed by atoms with Crippen LogP contribution in [0.15, 0.2) is 70.0 Å². The molecule has 0 aliphatic rings. The molecule has 4 aromatic rings. The molecule has 0 fully saturated rings. The lowest BCUT2D eigenvalue weighted by atomic mass is 10.1. The summed E-state index contributed by atoms with van der Waals surface area (Å²) in [5.41, 5.74) is 1.88. The first-order valence-corrected chi connectivity index (χ1v) is 10.7. The second-order valence-electron chi connectivity index (χ2n) is 6.66. The van der Waals surface area contributed by atoms with Crippen molar-refractivity contribution in [2.24, 2.45) is 0 Å². The number of hydrogen-bond donors (Lipinski definition) is 2. The van der Waals surface area contributed by atoms with E-state index in [-0.39, 0.29) is 17.0 Å². The molecule has 8 heteroatoms. The quantitative estimate of drug-likeness (QED) is 0.451. The molecule has 31 heavy (non-hydrogen) atoms. The van der Waals surface area contributed by atoms with Crippen LogP contribution < -0.4 is 14.8 Å². The van der Waals surface area contributed by atoms with Crippen molar-refractivity contribution in [3.05, 3.63) is 66.2 Å². The average Bonchev–Trinajstić information content (AvgIpc) is 3.14. The number of furan rings is 1. The van der Waals surface area contributed by atoms with Gasteiger partial charge in [0, 0.05) is 22.4 Å². The van der Waals surface area contributed by atoms with Crippen LogP contribution in [0.25, 0.3) is 21.9 Å². The normalized spacial score (nSPS) is 11.4. The monoisotopic (exact) mass is 434 g/mol. The number of sulfonamides is 1. The van der Waals surface area contributed by atoms with Gasteiger partial charge in [0.25, 0.3) is 5.91 Å². The summed E-state index contributed by atoms with van der Waals surface area (Å²) >= 11 is 0. The van der Waals surface area contributed by atoms with Crippen LogP contribution in [-0.4, -0.2) is 28.0 Å². The molecule has 1 amide bonds. The smallest absolute Gasteiger partial charge is 0.255 e. The first-order chi connectivity index (χ1) is 14.9.